The molecular weight excluding hydrogens is 332 g/mol. The molecule has 0 unspecified atom stereocenters. The first-order valence-electron chi connectivity index (χ1n) is 4.77. The topological polar surface area (TPSA) is 63.8 Å². The summed E-state index contributed by atoms with van der Waals surface area (Å²) < 4.78 is 53.0. The molecule has 9 heteroatoms. The summed E-state index contributed by atoms with van der Waals surface area (Å²) in [6, 6.07) is 0.110. The molecular formula is C10H5BrF4N4. The predicted octanol–water partition coefficient (Wildman–Crippen LogP) is 3.12. The monoisotopic (exact) mass is 336 g/mol. The van der Waals surface area contributed by atoms with Crippen molar-refractivity contribution in [3.05, 3.63) is 40.1 Å². The van der Waals surface area contributed by atoms with Crippen molar-refractivity contribution in [1.82, 2.24) is 9.97 Å². The van der Waals surface area contributed by atoms with E-state index in [1.54, 1.807) is 0 Å². The Labute approximate surface area is 112 Å². The maximum Gasteiger partial charge on any atom is 0.185 e. The molecule has 2 aromatic rings. The molecule has 3 N–H and O–H groups in total. The summed E-state index contributed by atoms with van der Waals surface area (Å²) in [5.41, 5.74) is 4.43. The van der Waals surface area contributed by atoms with Crippen molar-refractivity contribution in [3.8, 4) is 0 Å². The Hall–Kier alpha value is -1.90. The quantitative estimate of drug-likeness (QED) is 0.653. The lowest BCUT2D eigenvalue weighted by molar-refractivity contribution is 0.459. The van der Waals surface area contributed by atoms with Crippen LogP contribution < -0.4 is 11.1 Å². The number of nitrogen functional groups attached to an aromatic ring is 1. The lowest BCUT2D eigenvalue weighted by Crippen LogP contribution is -2.06. The SMILES string of the molecule is Nc1ncnc(Nc2c(F)c(F)cc(F)c2F)c1Br. The third kappa shape index (κ3) is 2.46. The van der Waals surface area contributed by atoms with Crippen LogP contribution in [-0.2, 0) is 0 Å². The van der Waals surface area contributed by atoms with Gasteiger partial charge in [-0.25, -0.2) is 27.5 Å². The van der Waals surface area contributed by atoms with Crippen molar-refractivity contribution in [3.63, 3.8) is 0 Å². The molecule has 0 aliphatic heterocycles. The van der Waals surface area contributed by atoms with Crippen molar-refractivity contribution in [2.75, 3.05) is 11.1 Å². The molecule has 1 heterocycles. The van der Waals surface area contributed by atoms with E-state index in [0.717, 1.165) is 6.33 Å². The van der Waals surface area contributed by atoms with Crippen LogP contribution >= 0.6 is 15.9 Å². The molecule has 1 aromatic heterocycles. The summed E-state index contributed by atoms with van der Waals surface area (Å²) >= 11 is 2.98. The van der Waals surface area contributed by atoms with Crippen LogP contribution in [0.3, 0.4) is 0 Å². The zero-order valence-electron chi connectivity index (χ0n) is 9.02. The summed E-state index contributed by atoms with van der Waals surface area (Å²) in [5, 5.41) is 2.12. The molecule has 0 amide bonds. The number of rotatable bonds is 2. The first-order chi connectivity index (χ1) is 8.91. The Morgan fingerprint density at radius 3 is 2.21 bits per heavy atom. The van der Waals surface area contributed by atoms with Gasteiger partial charge in [-0.1, -0.05) is 0 Å². The van der Waals surface area contributed by atoms with Crippen LogP contribution in [0.2, 0.25) is 0 Å². The molecule has 2 rings (SSSR count). The fourth-order valence-corrected chi connectivity index (χ4v) is 1.58. The number of hydrogen-bond acceptors (Lipinski definition) is 4. The highest BCUT2D eigenvalue weighted by Gasteiger charge is 2.20. The van der Waals surface area contributed by atoms with Gasteiger partial charge in [0.15, 0.2) is 23.3 Å². The second-order valence-corrected chi connectivity index (χ2v) is 4.18. The van der Waals surface area contributed by atoms with E-state index in [0.29, 0.717) is 0 Å². The zero-order chi connectivity index (χ0) is 14.2. The highest BCUT2D eigenvalue weighted by Crippen LogP contribution is 2.31. The first-order valence-corrected chi connectivity index (χ1v) is 5.57. The van der Waals surface area contributed by atoms with E-state index in [1.165, 1.54) is 0 Å². The van der Waals surface area contributed by atoms with Crippen molar-refractivity contribution >= 4 is 33.3 Å². The van der Waals surface area contributed by atoms with E-state index in [1.807, 2.05) is 0 Å². The fourth-order valence-electron chi connectivity index (χ4n) is 1.27. The Morgan fingerprint density at radius 1 is 1.05 bits per heavy atom. The Kier molecular flexibility index (Phi) is 3.56. The van der Waals surface area contributed by atoms with E-state index < -0.39 is 29.0 Å². The number of benzene rings is 1. The highest BCUT2D eigenvalue weighted by molar-refractivity contribution is 9.10. The van der Waals surface area contributed by atoms with Crippen LogP contribution in [0.4, 0.5) is 34.9 Å². The van der Waals surface area contributed by atoms with Gasteiger partial charge in [-0.05, 0) is 15.9 Å². The normalized spacial score (nSPS) is 10.6. The third-order valence-corrected chi connectivity index (χ3v) is 2.95. The van der Waals surface area contributed by atoms with E-state index in [-0.39, 0.29) is 22.2 Å². The molecule has 0 saturated heterocycles. The van der Waals surface area contributed by atoms with E-state index in [9.17, 15) is 17.6 Å². The number of nitrogens with two attached hydrogens (primary N) is 1. The molecule has 100 valence electrons. The summed E-state index contributed by atoms with van der Waals surface area (Å²) in [6.45, 7) is 0. The van der Waals surface area contributed by atoms with Crippen LogP contribution in [0.1, 0.15) is 0 Å². The maximum absolute atomic E-state index is 13.4. The molecule has 0 fully saturated rings. The lowest BCUT2D eigenvalue weighted by Gasteiger charge is -2.11. The van der Waals surface area contributed by atoms with Gasteiger partial charge in [-0.3, -0.25) is 0 Å². The van der Waals surface area contributed by atoms with Gasteiger partial charge in [-0.15, -0.1) is 0 Å². The molecule has 19 heavy (non-hydrogen) atoms. The van der Waals surface area contributed by atoms with Crippen LogP contribution in [0.15, 0.2) is 16.9 Å². The van der Waals surface area contributed by atoms with Gasteiger partial charge < -0.3 is 11.1 Å². The highest BCUT2D eigenvalue weighted by atomic mass is 79.9. The van der Waals surface area contributed by atoms with E-state index in [2.05, 4.69) is 31.2 Å². The minimum Gasteiger partial charge on any atom is -0.383 e. The minimum absolute atomic E-state index is 0.00445. The first kappa shape index (κ1) is 13.5. The van der Waals surface area contributed by atoms with E-state index in [4.69, 9.17) is 5.73 Å². The maximum atomic E-state index is 13.4. The van der Waals surface area contributed by atoms with Crippen molar-refractivity contribution in [1.29, 1.82) is 0 Å². The Balaban J connectivity index is 2.52. The lowest BCUT2D eigenvalue weighted by atomic mass is 10.2. The largest absolute Gasteiger partial charge is 0.383 e. The predicted molar refractivity (Wildman–Crippen MR) is 63.7 cm³/mol. The minimum atomic E-state index is -1.57. The van der Waals surface area contributed by atoms with Crippen LogP contribution in [0, 0.1) is 23.3 Å². The molecule has 0 radical (unpaired) electrons. The fraction of sp³-hybridized carbons (Fsp3) is 0. The molecule has 0 bridgehead atoms. The zero-order valence-corrected chi connectivity index (χ0v) is 10.6. The van der Waals surface area contributed by atoms with E-state index >= 15 is 0 Å². The Bertz CT molecular complexity index is 624. The number of anilines is 3. The number of hydrogen-bond donors (Lipinski definition) is 2. The summed E-state index contributed by atoms with van der Waals surface area (Å²) in [6.07, 6.45) is 1.02. The average Bonchev–Trinajstić information content (AvgIpc) is 2.37. The van der Waals surface area contributed by atoms with Crippen LogP contribution in [-0.4, -0.2) is 9.97 Å². The standard InChI is InChI=1S/C10H5BrF4N4/c11-5-9(16)17-2-18-10(5)19-8-6(14)3(12)1-4(13)7(8)15/h1-2H,(H3,16,17,18,19). The van der Waals surface area contributed by atoms with Gasteiger partial charge in [0.25, 0.3) is 0 Å². The molecule has 0 spiro atoms. The second kappa shape index (κ2) is 5.00. The molecule has 0 aliphatic carbocycles. The van der Waals surface area contributed by atoms with Crippen molar-refractivity contribution < 1.29 is 17.6 Å². The molecule has 0 aliphatic rings. The van der Waals surface area contributed by atoms with Gasteiger partial charge in [-0.2, -0.15) is 0 Å². The van der Waals surface area contributed by atoms with Gasteiger partial charge in [0.2, 0.25) is 0 Å². The molecule has 0 atom stereocenters. The van der Waals surface area contributed by atoms with Gasteiger partial charge >= 0.3 is 0 Å². The summed E-state index contributed by atoms with van der Waals surface area (Å²) in [4.78, 5) is 7.25. The summed E-state index contributed by atoms with van der Waals surface area (Å²) in [7, 11) is 0. The number of nitrogens with zero attached hydrogens (tertiary/aromatic N) is 2. The van der Waals surface area contributed by atoms with Crippen LogP contribution in [0.5, 0.6) is 0 Å². The number of aromatic nitrogens is 2. The second-order valence-electron chi connectivity index (χ2n) is 3.39. The van der Waals surface area contributed by atoms with Crippen LogP contribution in [0.25, 0.3) is 0 Å². The van der Waals surface area contributed by atoms with Gasteiger partial charge in [0.05, 0.1) is 0 Å². The molecule has 0 saturated carbocycles. The van der Waals surface area contributed by atoms with Gasteiger partial charge in [0.1, 0.15) is 28.1 Å². The summed E-state index contributed by atoms with van der Waals surface area (Å²) in [5.74, 6) is -6.32. The van der Waals surface area contributed by atoms with Gasteiger partial charge in [0, 0.05) is 6.07 Å². The average molecular weight is 337 g/mol. The number of halogens is 5. The molecule has 1 aromatic carbocycles. The van der Waals surface area contributed by atoms with Crippen molar-refractivity contribution in [2.45, 2.75) is 0 Å². The third-order valence-electron chi connectivity index (χ3n) is 2.17. The van der Waals surface area contributed by atoms with Crippen molar-refractivity contribution in [2.24, 2.45) is 0 Å². The molecule has 4 nitrogen and oxygen atoms in total. The number of nitrogens with one attached hydrogen (secondary N) is 1. The smallest absolute Gasteiger partial charge is 0.185 e. The Morgan fingerprint density at radius 2 is 1.63 bits per heavy atom.